The highest BCUT2D eigenvalue weighted by Crippen LogP contribution is 2.37. The molecule has 0 unspecified atom stereocenters. The maximum atomic E-state index is 13.1. The molecule has 34 heavy (non-hydrogen) atoms. The minimum Gasteiger partial charge on any atom is -0.298 e. The predicted octanol–water partition coefficient (Wildman–Crippen LogP) is 7.97. The van der Waals surface area contributed by atoms with Gasteiger partial charge in [-0.05, 0) is 35.9 Å². The van der Waals surface area contributed by atoms with E-state index in [4.69, 9.17) is 11.6 Å². The van der Waals surface area contributed by atoms with Crippen LogP contribution in [-0.2, 0) is 24.2 Å². The Morgan fingerprint density at radius 3 is 1.94 bits per heavy atom. The minimum atomic E-state index is -5.05. The first-order chi connectivity index (χ1) is 15.5. The lowest BCUT2D eigenvalue weighted by atomic mass is 9.90. The summed E-state index contributed by atoms with van der Waals surface area (Å²) in [4.78, 5) is 17.9. The zero-order valence-corrected chi connectivity index (χ0v) is 19.7. The Hall–Kier alpha value is -2.59. The zero-order valence-electron chi connectivity index (χ0n) is 18.2. The van der Waals surface area contributed by atoms with Crippen molar-refractivity contribution >= 4 is 34.0 Å². The number of aromatic nitrogens is 1. The molecule has 0 atom stereocenters. The van der Waals surface area contributed by atoms with E-state index in [1.807, 2.05) is 32.9 Å². The van der Waals surface area contributed by atoms with Crippen LogP contribution in [0, 0.1) is 0 Å². The van der Waals surface area contributed by atoms with Crippen LogP contribution in [0.4, 0.5) is 31.5 Å². The molecule has 1 heterocycles. The summed E-state index contributed by atoms with van der Waals surface area (Å²) in [6.45, 7) is 5.71. The molecule has 0 aliphatic heterocycles. The fourth-order valence-electron chi connectivity index (χ4n) is 3.15. The van der Waals surface area contributed by atoms with E-state index < -0.39 is 40.4 Å². The van der Waals surface area contributed by atoms with Gasteiger partial charge >= 0.3 is 12.4 Å². The van der Waals surface area contributed by atoms with E-state index >= 15 is 0 Å². The van der Waals surface area contributed by atoms with Gasteiger partial charge in [0.25, 0.3) is 5.91 Å². The summed E-state index contributed by atoms with van der Waals surface area (Å²) in [7, 11) is 0. The first-order valence-corrected chi connectivity index (χ1v) is 11.1. The standard InChI is InChI=1S/C23H19ClF6N2OS/c1-21(2,3)18-17(8-12-4-6-16(24)7-5-12)34-20(31-18)32-19(33)13-9-14(22(25,26)27)11-15(10-13)23(28,29)30/h4-7,9-11H,8H2,1-3H3,(H,31,32,33). The van der Waals surface area contributed by atoms with Crippen molar-refractivity contribution in [2.45, 2.75) is 45.0 Å². The van der Waals surface area contributed by atoms with Crippen LogP contribution in [0.15, 0.2) is 42.5 Å². The number of thiazole rings is 1. The third-order valence-corrected chi connectivity index (χ3v) is 5.98. The van der Waals surface area contributed by atoms with Gasteiger partial charge < -0.3 is 0 Å². The number of anilines is 1. The van der Waals surface area contributed by atoms with E-state index in [0.717, 1.165) is 21.8 Å². The summed E-state index contributed by atoms with van der Waals surface area (Å²) in [5, 5.41) is 3.00. The average molecular weight is 521 g/mol. The average Bonchev–Trinajstić information content (AvgIpc) is 3.10. The third-order valence-electron chi connectivity index (χ3n) is 4.76. The normalized spacial score (nSPS) is 12.6. The molecule has 0 bridgehead atoms. The number of carbonyl (C=O) groups excluding carboxylic acids is 1. The van der Waals surface area contributed by atoms with Crippen LogP contribution in [0.25, 0.3) is 0 Å². The monoisotopic (exact) mass is 520 g/mol. The van der Waals surface area contributed by atoms with E-state index in [1.54, 1.807) is 12.1 Å². The van der Waals surface area contributed by atoms with Crippen molar-refractivity contribution in [3.05, 3.63) is 80.3 Å². The quantitative estimate of drug-likeness (QED) is 0.354. The van der Waals surface area contributed by atoms with Crippen LogP contribution in [-0.4, -0.2) is 10.9 Å². The molecule has 0 radical (unpaired) electrons. The molecule has 2 aromatic carbocycles. The molecule has 3 nitrogen and oxygen atoms in total. The molecule has 182 valence electrons. The largest absolute Gasteiger partial charge is 0.416 e. The molecule has 0 spiro atoms. The van der Waals surface area contributed by atoms with Gasteiger partial charge in [-0.3, -0.25) is 10.1 Å². The number of rotatable bonds is 4. The number of benzene rings is 2. The van der Waals surface area contributed by atoms with Crippen molar-refractivity contribution in [1.82, 2.24) is 4.98 Å². The van der Waals surface area contributed by atoms with Crippen LogP contribution in [0.1, 0.15) is 58.4 Å². The molecule has 1 N–H and O–H groups in total. The SMILES string of the molecule is CC(C)(C)c1nc(NC(=O)c2cc(C(F)(F)F)cc(C(F)(F)F)c2)sc1Cc1ccc(Cl)cc1. The second kappa shape index (κ2) is 9.22. The maximum absolute atomic E-state index is 13.1. The Morgan fingerprint density at radius 1 is 0.941 bits per heavy atom. The van der Waals surface area contributed by atoms with E-state index in [9.17, 15) is 31.1 Å². The Morgan fingerprint density at radius 2 is 1.47 bits per heavy atom. The van der Waals surface area contributed by atoms with Gasteiger partial charge in [0.05, 0.1) is 16.8 Å². The number of carbonyl (C=O) groups is 1. The van der Waals surface area contributed by atoms with E-state index in [-0.39, 0.29) is 11.2 Å². The van der Waals surface area contributed by atoms with Crippen molar-refractivity contribution < 1.29 is 31.1 Å². The number of nitrogens with one attached hydrogen (secondary N) is 1. The molecule has 0 saturated heterocycles. The Labute approximate surface area is 200 Å². The summed E-state index contributed by atoms with van der Waals surface area (Å²) in [6, 6.07) is 7.85. The molecule has 0 aliphatic rings. The number of hydrogen-bond donors (Lipinski definition) is 1. The van der Waals surface area contributed by atoms with Crippen molar-refractivity contribution in [2.24, 2.45) is 0 Å². The van der Waals surface area contributed by atoms with Gasteiger partial charge in [0, 0.05) is 27.3 Å². The zero-order chi connectivity index (χ0) is 25.5. The summed E-state index contributed by atoms with van der Waals surface area (Å²) >= 11 is 7.03. The van der Waals surface area contributed by atoms with Gasteiger partial charge in [-0.2, -0.15) is 26.3 Å². The lowest BCUT2D eigenvalue weighted by Gasteiger charge is -2.17. The van der Waals surface area contributed by atoms with E-state index in [0.29, 0.717) is 29.3 Å². The van der Waals surface area contributed by atoms with Gasteiger partial charge in [-0.15, -0.1) is 11.3 Å². The van der Waals surface area contributed by atoms with Crippen molar-refractivity contribution in [1.29, 1.82) is 0 Å². The first-order valence-electron chi connectivity index (χ1n) is 9.89. The highest BCUT2D eigenvalue weighted by Gasteiger charge is 2.37. The number of hydrogen-bond acceptors (Lipinski definition) is 3. The highest BCUT2D eigenvalue weighted by atomic mass is 35.5. The fraction of sp³-hybridized carbons (Fsp3) is 0.304. The number of nitrogens with zero attached hydrogens (tertiary/aromatic N) is 1. The summed E-state index contributed by atoms with van der Waals surface area (Å²) < 4.78 is 78.8. The molecule has 11 heteroatoms. The van der Waals surface area contributed by atoms with Crippen LogP contribution in [0.5, 0.6) is 0 Å². The number of alkyl halides is 6. The smallest absolute Gasteiger partial charge is 0.298 e. The molecule has 1 amide bonds. The van der Waals surface area contributed by atoms with Crippen molar-refractivity contribution in [3.63, 3.8) is 0 Å². The summed E-state index contributed by atoms with van der Waals surface area (Å²) in [6.07, 6.45) is -9.65. The summed E-state index contributed by atoms with van der Waals surface area (Å²) in [5.41, 5.74) is -2.75. The lowest BCUT2D eigenvalue weighted by molar-refractivity contribution is -0.143. The van der Waals surface area contributed by atoms with E-state index in [1.165, 1.54) is 0 Å². The first kappa shape index (κ1) is 26.0. The van der Waals surface area contributed by atoms with Gasteiger partial charge in [-0.1, -0.05) is 44.5 Å². The molecule has 0 fully saturated rings. The van der Waals surface area contributed by atoms with E-state index in [2.05, 4.69) is 10.3 Å². The Bertz CT molecular complexity index is 1160. The molecule has 3 rings (SSSR count). The predicted molar refractivity (Wildman–Crippen MR) is 119 cm³/mol. The molecular weight excluding hydrogens is 502 g/mol. The minimum absolute atomic E-state index is 0.0257. The van der Waals surface area contributed by atoms with Crippen LogP contribution >= 0.6 is 22.9 Å². The lowest BCUT2D eigenvalue weighted by Crippen LogP contribution is -2.18. The molecule has 0 aliphatic carbocycles. The number of amides is 1. The second-order valence-corrected chi connectivity index (χ2v) is 10.1. The van der Waals surface area contributed by atoms with Gasteiger partial charge in [0.2, 0.25) is 0 Å². The van der Waals surface area contributed by atoms with Gasteiger partial charge in [0.1, 0.15) is 0 Å². The highest BCUT2D eigenvalue weighted by molar-refractivity contribution is 7.16. The molecule has 1 aromatic heterocycles. The van der Waals surface area contributed by atoms with Crippen molar-refractivity contribution in [3.8, 4) is 0 Å². The maximum Gasteiger partial charge on any atom is 0.416 e. The van der Waals surface area contributed by atoms with Crippen LogP contribution in [0.3, 0.4) is 0 Å². The molecular formula is C23H19ClF6N2OS. The topological polar surface area (TPSA) is 42.0 Å². The third kappa shape index (κ3) is 6.29. The molecule has 0 saturated carbocycles. The number of halogens is 7. The second-order valence-electron chi connectivity index (χ2n) is 8.59. The fourth-order valence-corrected chi connectivity index (χ4v) is 4.48. The molecule has 3 aromatic rings. The van der Waals surface area contributed by atoms with Gasteiger partial charge in [0.15, 0.2) is 5.13 Å². The van der Waals surface area contributed by atoms with Crippen molar-refractivity contribution in [2.75, 3.05) is 5.32 Å². The Kier molecular flexibility index (Phi) is 7.06. The van der Waals surface area contributed by atoms with Crippen LogP contribution in [0.2, 0.25) is 5.02 Å². The summed E-state index contributed by atoms with van der Waals surface area (Å²) in [5.74, 6) is -1.12. The Balaban J connectivity index is 1.95. The van der Waals surface area contributed by atoms with Crippen LogP contribution < -0.4 is 5.32 Å². The van der Waals surface area contributed by atoms with Gasteiger partial charge in [-0.25, -0.2) is 4.98 Å².